The highest BCUT2D eigenvalue weighted by Crippen LogP contribution is 2.32. The Morgan fingerprint density at radius 3 is 1.68 bits per heavy atom. The minimum atomic E-state index is -3.81. The van der Waals surface area contributed by atoms with Crippen molar-refractivity contribution in [3.05, 3.63) is 29.8 Å². The van der Waals surface area contributed by atoms with Gasteiger partial charge in [0.2, 0.25) is 0 Å². The number of esters is 1. The zero-order chi connectivity index (χ0) is 40.6. The summed E-state index contributed by atoms with van der Waals surface area (Å²) in [6, 6.07) is 4.98. The maximum atomic E-state index is 13.0. The molecule has 2 aliphatic rings. The molecule has 3 amide bonds. The predicted octanol–water partition coefficient (Wildman–Crippen LogP) is 5.22. The molecule has 300 valence electrons. The molecule has 0 spiro atoms. The predicted molar refractivity (Wildman–Crippen MR) is 197 cm³/mol. The molecule has 53 heavy (non-hydrogen) atoms. The lowest BCUT2D eigenvalue weighted by Gasteiger charge is -2.33. The van der Waals surface area contributed by atoms with E-state index in [-0.39, 0.29) is 10.8 Å². The average molecular weight is 770 g/mol. The van der Waals surface area contributed by atoms with Crippen molar-refractivity contribution in [1.29, 1.82) is 0 Å². The van der Waals surface area contributed by atoms with E-state index in [1.54, 1.807) is 53.7 Å². The molecular formula is C37H59N3O12S. The van der Waals surface area contributed by atoms with Crippen LogP contribution < -0.4 is 16.0 Å². The molecule has 3 atom stereocenters. The molecule has 2 fully saturated rings. The lowest BCUT2D eigenvalue weighted by Crippen LogP contribution is -2.54. The number of aldehydes is 1. The topological polar surface area (TPSA) is 221 Å². The smallest absolute Gasteiger partial charge is 0.408 e. The van der Waals surface area contributed by atoms with Crippen molar-refractivity contribution in [2.24, 2.45) is 11.8 Å². The fraction of sp³-hybridized carbons (Fsp3) is 0.676. The lowest BCUT2D eigenvalue weighted by molar-refractivity contribution is -0.156. The van der Waals surface area contributed by atoms with E-state index >= 15 is 0 Å². The normalized spacial score (nSPS) is 16.1. The van der Waals surface area contributed by atoms with Gasteiger partial charge < -0.3 is 40.1 Å². The Morgan fingerprint density at radius 1 is 0.830 bits per heavy atom. The molecule has 1 aromatic carbocycles. The molecule has 2 saturated carbocycles. The number of carbonyl (C=O) groups excluding carboxylic acids is 5. The Bertz CT molecular complexity index is 1470. The maximum absolute atomic E-state index is 13.0. The van der Waals surface area contributed by atoms with Crippen molar-refractivity contribution >= 4 is 46.2 Å². The number of hydrogen-bond donors (Lipinski definition) is 4. The van der Waals surface area contributed by atoms with Crippen LogP contribution in [0.3, 0.4) is 0 Å². The van der Waals surface area contributed by atoms with Gasteiger partial charge in [-0.3, -0.25) is 14.4 Å². The zero-order valence-corrected chi connectivity index (χ0v) is 33.3. The summed E-state index contributed by atoms with van der Waals surface area (Å²) in [6.45, 7) is 14.6. The van der Waals surface area contributed by atoms with Crippen LogP contribution in [0.1, 0.15) is 112 Å². The standard InChI is InChI=1S/C23H34N2O7S.C12H21NO3.C2H4O2/c1-15-9-11-18(12-10-15)33(29,30)14-24-21(27)20(31-16(2)26)19(13-17-7-6-8-17)25-22(28)32-23(3,4)5;1-12(2,3)16-11(15)13-10(8-14)7-9-5-4-6-9;1-2(3)4/h9-12,17,19-20H,6-8,13-14H2,1-5H3,(H,24,27)(H,25,28);8-10H,4-7H2,1-3H3,(H,13,15);1H3,(H,3,4). The molecule has 3 rings (SSSR count). The lowest BCUT2D eigenvalue weighted by atomic mass is 9.80. The molecule has 0 saturated heterocycles. The van der Waals surface area contributed by atoms with Gasteiger partial charge in [-0.2, -0.15) is 0 Å². The molecule has 0 radical (unpaired) electrons. The second-order valence-corrected chi connectivity index (χ2v) is 17.4. The Morgan fingerprint density at radius 2 is 1.28 bits per heavy atom. The number of carbonyl (C=O) groups is 6. The first-order valence-corrected chi connectivity index (χ1v) is 19.4. The van der Waals surface area contributed by atoms with Crippen molar-refractivity contribution in [1.82, 2.24) is 16.0 Å². The quantitative estimate of drug-likeness (QED) is 0.115. The first-order valence-electron chi connectivity index (χ1n) is 17.8. The average Bonchev–Trinajstić information content (AvgIpc) is 2.95. The Balaban J connectivity index is 0.000000581. The van der Waals surface area contributed by atoms with Gasteiger partial charge >= 0.3 is 18.2 Å². The number of aryl methyl sites for hydroxylation is 1. The van der Waals surface area contributed by atoms with E-state index in [2.05, 4.69) is 16.0 Å². The minimum Gasteiger partial charge on any atom is -0.481 e. The van der Waals surface area contributed by atoms with E-state index in [0.717, 1.165) is 51.4 Å². The van der Waals surface area contributed by atoms with Crippen molar-refractivity contribution in [2.45, 2.75) is 148 Å². The van der Waals surface area contributed by atoms with Gasteiger partial charge in [0.1, 0.15) is 23.4 Å². The minimum absolute atomic E-state index is 0.0651. The van der Waals surface area contributed by atoms with E-state index in [1.165, 1.54) is 31.4 Å². The SMILES string of the molecule is CC(=O)O.CC(=O)OC(C(=O)NCS(=O)(=O)c1ccc(C)cc1)C(CC1CCC1)NC(=O)OC(C)(C)C.CC(C)(C)OC(=O)NC(C=O)CC1CCC1. The van der Waals surface area contributed by atoms with E-state index in [0.29, 0.717) is 12.3 Å². The van der Waals surface area contributed by atoms with E-state index < -0.39 is 75.1 Å². The summed E-state index contributed by atoms with van der Waals surface area (Å²) in [6.07, 6.45) is 5.76. The number of carboxylic acids is 1. The molecule has 0 aromatic heterocycles. The fourth-order valence-corrected chi connectivity index (χ4v) is 6.14. The molecule has 4 N–H and O–H groups in total. The first-order chi connectivity index (χ1) is 24.4. The number of amides is 3. The Hall–Kier alpha value is -4.21. The van der Waals surface area contributed by atoms with Crippen LogP contribution in [-0.4, -0.2) is 85.1 Å². The van der Waals surface area contributed by atoms with Gasteiger partial charge in [0.15, 0.2) is 15.9 Å². The molecule has 0 heterocycles. The van der Waals surface area contributed by atoms with Crippen molar-refractivity contribution in [2.75, 3.05) is 5.88 Å². The molecule has 16 heteroatoms. The summed E-state index contributed by atoms with van der Waals surface area (Å²) in [4.78, 5) is 68.4. The van der Waals surface area contributed by atoms with E-state index in [9.17, 15) is 32.4 Å². The highest BCUT2D eigenvalue weighted by Gasteiger charge is 2.37. The van der Waals surface area contributed by atoms with Crippen molar-refractivity contribution in [3.8, 4) is 0 Å². The number of ether oxygens (including phenoxy) is 3. The molecule has 15 nitrogen and oxygen atoms in total. The second-order valence-electron chi connectivity index (χ2n) is 15.4. The maximum Gasteiger partial charge on any atom is 0.408 e. The number of alkyl carbamates (subject to hydrolysis) is 2. The highest BCUT2D eigenvalue weighted by molar-refractivity contribution is 7.91. The number of sulfone groups is 1. The third kappa shape index (κ3) is 20.6. The largest absolute Gasteiger partial charge is 0.481 e. The van der Waals surface area contributed by atoms with Crippen LogP contribution in [0.25, 0.3) is 0 Å². The zero-order valence-electron chi connectivity index (χ0n) is 32.5. The Labute approximate surface area is 313 Å². The van der Waals surface area contributed by atoms with Gasteiger partial charge in [-0.15, -0.1) is 0 Å². The van der Waals surface area contributed by atoms with Crippen LogP contribution >= 0.6 is 0 Å². The first kappa shape index (κ1) is 46.8. The molecular weight excluding hydrogens is 710 g/mol. The molecule has 0 bridgehead atoms. The number of benzene rings is 1. The monoisotopic (exact) mass is 769 g/mol. The highest BCUT2D eigenvalue weighted by atomic mass is 32.2. The molecule has 0 aliphatic heterocycles. The summed E-state index contributed by atoms with van der Waals surface area (Å²) >= 11 is 0. The van der Waals surface area contributed by atoms with Crippen LogP contribution in [0.5, 0.6) is 0 Å². The number of nitrogens with one attached hydrogen (secondary N) is 3. The van der Waals surface area contributed by atoms with Crippen LogP contribution in [0.4, 0.5) is 9.59 Å². The number of rotatable bonds is 13. The van der Waals surface area contributed by atoms with Gasteiger partial charge in [-0.1, -0.05) is 56.2 Å². The van der Waals surface area contributed by atoms with Crippen LogP contribution in [-0.2, 0) is 43.2 Å². The molecule has 2 aliphatic carbocycles. The number of hydrogen-bond acceptors (Lipinski definition) is 11. The fourth-order valence-electron chi connectivity index (χ4n) is 5.09. The van der Waals surface area contributed by atoms with Gasteiger partial charge in [0.05, 0.1) is 17.0 Å². The van der Waals surface area contributed by atoms with E-state index in [1.807, 2.05) is 6.92 Å². The Kier molecular flexibility index (Phi) is 19.0. The van der Waals surface area contributed by atoms with Gasteiger partial charge in [-0.25, -0.2) is 18.0 Å². The molecule has 1 aromatic rings. The number of carboxylic acid groups (broad SMARTS) is 1. The summed E-state index contributed by atoms with van der Waals surface area (Å²) < 4.78 is 40.9. The van der Waals surface area contributed by atoms with Gasteiger partial charge in [0.25, 0.3) is 11.9 Å². The summed E-state index contributed by atoms with van der Waals surface area (Å²) in [5, 5.41) is 15.0. The van der Waals surface area contributed by atoms with Crippen LogP contribution in [0.15, 0.2) is 29.2 Å². The third-order valence-electron chi connectivity index (χ3n) is 7.93. The number of aliphatic carboxylic acids is 1. The second kappa shape index (κ2) is 21.5. The molecule has 3 unspecified atom stereocenters. The van der Waals surface area contributed by atoms with Crippen LogP contribution in [0, 0.1) is 18.8 Å². The summed E-state index contributed by atoms with van der Waals surface area (Å²) in [7, 11) is -3.81. The summed E-state index contributed by atoms with van der Waals surface area (Å²) in [5.74, 6) is -2.19. The summed E-state index contributed by atoms with van der Waals surface area (Å²) in [5.41, 5.74) is -0.375. The van der Waals surface area contributed by atoms with Crippen molar-refractivity contribution in [3.63, 3.8) is 0 Å². The van der Waals surface area contributed by atoms with E-state index in [4.69, 9.17) is 24.1 Å². The third-order valence-corrected chi connectivity index (χ3v) is 9.44. The van der Waals surface area contributed by atoms with Crippen LogP contribution in [0.2, 0.25) is 0 Å². The van der Waals surface area contributed by atoms with Crippen molar-refractivity contribution < 1.29 is 56.5 Å². The van der Waals surface area contributed by atoms with Gasteiger partial charge in [-0.05, 0) is 85.3 Å². The van der Waals surface area contributed by atoms with Gasteiger partial charge in [0, 0.05) is 13.8 Å².